The molecule has 0 aliphatic rings. The van der Waals surface area contributed by atoms with Gasteiger partial charge >= 0.3 is 0 Å². The van der Waals surface area contributed by atoms with Crippen LogP contribution in [0.3, 0.4) is 0 Å². The van der Waals surface area contributed by atoms with Crippen molar-refractivity contribution in [1.29, 1.82) is 5.26 Å². The highest BCUT2D eigenvalue weighted by molar-refractivity contribution is 9.11. The fourth-order valence-electron chi connectivity index (χ4n) is 2.08. The molecule has 0 unspecified atom stereocenters. The SMILES string of the molecule is Cc1cc(-c2sc(C#N)c(N)c2-c2ccncc2)sc1Br. The molecule has 6 heteroatoms. The largest absolute Gasteiger partial charge is 0.396 e. The Balaban J connectivity index is 2.28. The zero-order chi connectivity index (χ0) is 15.0. The first kappa shape index (κ1) is 14.3. The highest BCUT2D eigenvalue weighted by Crippen LogP contribution is 2.47. The summed E-state index contributed by atoms with van der Waals surface area (Å²) in [6.07, 6.45) is 3.47. The number of anilines is 1. The average Bonchev–Trinajstić information content (AvgIpc) is 3.00. The lowest BCUT2D eigenvalue weighted by atomic mass is 10.0. The highest BCUT2D eigenvalue weighted by atomic mass is 79.9. The number of aryl methyl sites for hydroxylation is 1. The van der Waals surface area contributed by atoms with Gasteiger partial charge < -0.3 is 5.73 Å². The number of hydrogen-bond donors (Lipinski definition) is 1. The summed E-state index contributed by atoms with van der Waals surface area (Å²) in [6.45, 7) is 2.05. The molecule has 104 valence electrons. The van der Waals surface area contributed by atoms with Crippen molar-refractivity contribution in [3.05, 3.63) is 44.8 Å². The first-order chi connectivity index (χ1) is 10.1. The van der Waals surface area contributed by atoms with Crippen molar-refractivity contribution < 1.29 is 0 Å². The maximum absolute atomic E-state index is 9.27. The Kier molecular flexibility index (Phi) is 3.81. The molecule has 3 heterocycles. The highest BCUT2D eigenvalue weighted by Gasteiger charge is 2.20. The molecule has 0 saturated heterocycles. The van der Waals surface area contributed by atoms with Crippen molar-refractivity contribution in [2.45, 2.75) is 6.92 Å². The lowest BCUT2D eigenvalue weighted by molar-refractivity contribution is 1.33. The Bertz CT molecular complexity index is 824. The standard InChI is InChI=1S/C15H10BrN3S2/c1-8-6-10(21-15(8)16)14-12(9-2-4-19-5-3-9)13(18)11(7-17)20-14/h2-6H,18H2,1H3. The molecule has 0 aromatic carbocycles. The van der Waals surface area contributed by atoms with E-state index in [-0.39, 0.29) is 0 Å². The minimum absolute atomic E-state index is 0.547. The summed E-state index contributed by atoms with van der Waals surface area (Å²) in [5.41, 5.74) is 9.83. The summed E-state index contributed by atoms with van der Waals surface area (Å²) in [5.74, 6) is 0. The molecule has 0 aliphatic heterocycles. The summed E-state index contributed by atoms with van der Waals surface area (Å²) >= 11 is 6.65. The number of nitriles is 1. The lowest BCUT2D eigenvalue weighted by Gasteiger charge is -2.03. The van der Waals surface area contributed by atoms with Gasteiger partial charge in [0, 0.05) is 22.8 Å². The zero-order valence-electron chi connectivity index (χ0n) is 11.1. The van der Waals surface area contributed by atoms with Gasteiger partial charge in [0.1, 0.15) is 10.9 Å². The number of nitrogens with two attached hydrogens (primary N) is 1. The number of pyridine rings is 1. The Labute approximate surface area is 138 Å². The van der Waals surface area contributed by atoms with Crippen LogP contribution < -0.4 is 5.73 Å². The van der Waals surface area contributed by atoms with Gasteiger partial charge in [-0.15, -0.1) is 22.7 Å². The monoisotopic (exact) mass is 375 g/mol. The Morgan fingerprint density at radius 1 is 1.29 bits per heavy atom. The van der Waals surface area contributed by atoms with Gasteiger partial charge in [0.05, 0.1) is 14.4 Å². The molecular formula is C15H10BrN3S2. The van der Waals surface area contributed by atoms with Crippen molar-refractivity contribution in [3.8, 4) is 27.0 Å². The molecule has 0 atom stereocenters. The van der Waals surface area contributed by atoms with Crippen LogP contribution in [0, 0.1) is 18.3 Å². The molecule has 3 nitrogen and oxygen atoms in total. The summed E-state index contributed by atoms with van der Waals surface area (Å²) in [4.78, 5) is 6.75. The van der Waals surface area contributed by atoms with Crippen molar-refractivity contribution in [3.63, 3.8) is 0 Å². The van der Waals surface area contributed by atoms with E-state index in [9.17, 15) is 5.26 Å². The fourth-order valence-corrected chi connectivity index (χ4v) is 4.76. The molecule has 0 radical (unpaired) electrons. The maximum Gasteiger partial charge on any atom is 0.129 e. The third kappa shape index (κ3) is 2.48. The maximum atomic E-state index is 9.27. The summed E-state index contributed by atoms with van der Waals surface area (Å²) in [6, 6.07) is 8.14. The van der Waals surface area contributed by atoms with Crippen molar-refractivity contribution in [1.82, 2.24) is 4.98 Å². The van der Waals surface area contributed by atoms with Gasteiger partial charge in [-0.2, -0.15) is 5.26 Å². The van der Waals surface area contributed by atoms with Crippen LogP contribution >= 0.6 is 38.6 Å². The normalized spacial score (nSPS) is 10.5. The smallest absolute Gasteiger partial charge is 0.129 e. The van der Waals surface area contributed by atoms with Gasteiger partial charge in [-0.1, -0.05) is 0 Å². The zero-order valence-corrected chi connectivity index (χ0v) is 14.3. The summed E-state index contributed by atoms with van der Waals surface area (Å²) in [7, 11) is 0. The Morgan fingerprint density at radius 3 is 2.57 bits per heavy atom. The van der Waals surface area contributed by atoms with Crippen LogP contribution in [0.4, 0.5) is 5.69 Å². The minimum atomic E-state index is 0.547. The van der Waals surface area contributed by atoms with E-state index in [4.69, 9.17) is 5.73 Å². The van der Waals surface area contributed by atoms with E-state index in [1.165, 1.54) is 16.9 Å². The van der Waals surface area contributed by atoms with E-state index < -0.39 is 0 Å². The van der Waals surface area contributed by atoms with Crippen LogP contribution in [0.25, 0.3) is 20.9 Å². The van der Waals surface area contributed by atoms with Crippen molar-refractivity contribution in [2.75, 3.05) is 5.73 Å². The molecule has 21 heavy (non-hydrogen) atoms. The van der Waals surface area contributed by atoms with Crippen LogP contribution in [0.5, 0.6) is 0 Å². The molecule has 0 fully saturated rings. The van der Waals surface area contributed by atoms with E-state index in [0.29, 0.717) is 10.6 Å². The molecule has 0 bridgehead atoms. The number of nitrogen functional groups attached to an aromatic ring is 1. The van der Waals surface area contributed by atoms with Gasteiger partial charge in [-0.3, -0.25) is 4.98 Å². The third-order valence-corrected chi connectivity index (χ3v) is 6.52. The number of hydrogen-bond acceptors (Lipinski definition) is 5. The lowest BCUT2D eigenvalue weighted by Crippen LogP contribution is -1.89. The van der Waals surface area contributed by atoms with E-state index in [2.05, 4.69) is 40.0 Å². The van der Waals surface area contributed by atoms with Crippen LogP contribution in [-0.2, 0) is 0 Å². The van der Waals surface area contributed by atoms with E-state index in [1.54, 1.807) is 23.7 Å². The molecule has 3 aromatic heterocycles. The topological polar surface area (TPSA) is 62.7 Å². The molecular weight excluding hydrogens is 366 g/mol. The van der Waals surface area contributed by atoms with Gasteiger partial charge in [0.25, 0.3) is 0 Å². The predicted octanol–water partition coefficient (Wildman–Crippen LogP) is 5.06. The van der Waals surface area contributed by atoms with Crippen LogP contribution in [-0.4, -0.2) is 4.98 Å². The van der Waals surface area contributed by atoms with E-state index >= 15 is 0 Å². The van der Waals surface area contributed by atoms with Gasteiger partial charge in [-0.25, -0.2) is 0 Å². The van der Waals surface area contributed by atoms with Crippen LogP contribution in [0.15, 0.2) is 34.4 Å². The number of nitrogens with zero attached hydrogens (tertiary/aromatic N) is 2. The van der Waals surface area contributed by atoms with Gasteiger partial charge in [0.15, 0.2) is 0 Å². The molecule has 2 N–H and O–H groups in total. The summed E-state index contributed by atoms with van der Waals surface area (Å²) in [5, 5.41) is 9.27. The van der Waals surface area contributed by atoms with E-state index in [1.807, 2.05) is 12.1 Å². The van der Waals surface area contributed by atoms with E-state index in [0.717, 1.165) is 24.7 Å². The van der Waals surface area contributed by atoms with Gasteiger partial charge in [-0.05, 0) is 52.2 Å². The van der Waals surface area contributed by atoms with Crippen molar-refractivity contribution in [2.24, 2.45) is 0 Å². The summed E-state index contributed by atoms with van der Waals surface area (Å²) < 4.78 is 1.10. The molecule has 3 rings (SSSR count). The van der Waals surface area contributed by atoms with Crippen molar-refractivity contribution >= 4 is 44.3 Å². The minimum Gasteiger partial charge on any atom is -0.396 e. The average molecular weight is 376 g/mol. The molecule has 0 amide bonds. The first-order valence-corrected chi connectivity index (χ1v) is 8.53. The molecule has 3 aromatic rings. The second-order valence-corrected chi connectivity index (χ2v) is 7.85. The molecule has 0 saturated carbocycles. The first-order valence-electron chi connectivity index (χ1n) is 6.11. The molecule has 0 aliphatic carbocycles. The van der Waals surface area contributed by atoms with Crippen LogP contribution in [0.2, 0.25) is 0 Å². The van der Waals surface area contributed by atoms with Gasteiger partial charge in [0.2, 0.25) is 0 Å². The fraction of sp³-hybridized carbons (Fsp3) is 0.0667. The Hall–Kier alpha value is -1.68. The number of rotatable bonds is 2. The third-order valence-electron chi connectivity index (χ3n) is 3.10. The molecule has 0 spiro atoms. The predicted molar refractivity (Wildman–Crippen MR) is 92.4 cm³/mol. The number of thiophene rings is 2. The second kappa shape index (κ2) is 5.60. The number of aromatic nitrogens is 1. The second-order valence-electron chi connectivity index (χ2n) is 4.46. The van der Waals surface area contributed by atoms with Crippen LogP contribution in [0.1, 0.15) is 10.4 Å². The Morgan fingerprint density at radius 2 is 2.00 bits per heavy atom. The number of halogens is 1. The quantitative estimate of drug-likeness (QED) is 0.680.